The van der Waals surface area contributed by atoms with Crippen molar-refractivity contribution in [2.75, 3.05) is 20.6 Å². The fraction of sp³-hybridized carbons (Fsp3) is 0.333. The Morgan fingerprint density at radius 3 is 2.88 bits per heavy atom. The van der Waals surface area contributed by atoms with Gasteiger partial charge in [0.1, 0.15) is 5.76 Å². The first kappa shape index (κ1) is 16.7. The van der Waals surface area contributed by atoms with Crippen molar-refractivity contribution in [3.63, 3.8) is 0 Å². The summed E-state index contributed by atoms with van der Waals surface area (Å²) in [5.74, 6) is 1.84. The van der Waals surface area contributed by atoms with Crippen molar-refractivity contribution in [2.24, 2.45) is 0 Å². The molecule has 0 saturated heterocycles. The van der Waals surface area contributed by atoms with E-state index in [1.807, 2.05) is 30.3 Å². The molecule has 0 spiro atoms. The van der Waals surface area contributed by atoms with Crippen molar-refractivity contribution in [2.45, 2.75) is 19.4 Å². The van der Waals surface area contributed by atoms with E-state index in [1.165, 1.54) is 0 Å². The van der Waals surface area contributed by atoms with Crippen LogP contribution in [-0.4, -0.2) is 36.4 Å². The molecule has 0 aliphatic heterocycles. The molecule has 126 valence electrons. The van der Waals surface area contributed by atoms with Crippen LogP contribution in [0.5, 0.6) is 0 Å². The first-order valence-corrected chi connectivity index (χ1v) is 8.80. The van der Waals surface area contributed by atoms with E-state index >= 15 is 0 Å². The zero-order chi connectivity index (χ0) is 16.9. The summed E-state index contributed by atoms with van der Waals surface area (Å²) in [6.45, 7) is 1.44. The van der Waals surface area contributed by atoms with E-state index < -0.39 is 0 Å². The number of nitrogens with zero attached hydrogens (tertiary/aromatic N) is 2. The zero-order valence-corrected chi connectivity index (χ0v) is 14.7. The number of hydrogen-bond acceptors (Lipinski definition) is 5. The van der Waals surface area contributed by atoms with Gasteiger partial charge in [0.15, 0.2) is 10.8 Å². The lowest BCUT2D eigenvalue weighted by atomic mass is 10.3. The van der Waals surface area contributed by atoms with E-state index in [9.17, 15) is 4.79 Å². The molecule has 1 amide bonds. The van der Waals surface area contributed by atoms with Gasteiger partial charge in [0.25, 0.3) is 0 Å². The lowest BCUT2D eigenvalue weighted by Crippen LogP contribution is -2.23. The van der Waals surface area contributed by atoms with E-state index in [1.54, 1.807) is 30.3 Å². The number of fused-ring (bicyclic) bond motifs is 1. The summed E-state index contributed by atoms with van der Waals surface area (Å²) in [4.78, 5) is 17.7. The lowest BCUT2D eigenvalue weighted by molar-refractivity contribution is -0.128. The fourth-order valence-electron chi connectivity index (χ4n) is 2.37. The van der Waals surface area contributed by atoms with Gasteiger partial charge in [0.2, 0.25) is 5.91 Å². The normalized spacial score (nSPS) is 11.1. The molecule has 0 aliphatic rings. The molecule has 0 aliphatic carbocycles. The van der Waals surface area contributed by atoms with Gasteiger partial charge in [-0.3, -0.25) is 4.79 Å². The van der Waals surface area contributed by atoms with Gasteiger partial charge in [0, 0.05) is 20.5 Å². The summed E-state index contributed by atoms with van der Waals surface area (Å²) in [6, 6.07) is 12.0. The van der Waals surface area contributed by atoms with Crippen LogP contribution in [0, 0.1) is 0 Å². The van der Waals surface area contributed by atoms with Gasteiger partial charge in [0.05, 0.1) is 16.8 Å². The summed E-state index contributed by atoms with van der Waals surface area (Å²) in [7, 11) is 3.56. The fourth-order valence-corrected chi connectivity index (χ4v) is 3.29. The van der Waals surface area contributed by atoms with E-state index in [4.69, 9.17) is 4.42 Å². The minimum atomic E-state index is 0.160. The number of amides is 1. The minimum absolute atomic E-state index is 0.160. The molecule has 0 atom stereocenters. The molecule has 1 N–H and O–H groups in total. The Hall–Kier alpha value is -2.18. The van der Waals surface area contributed by atoms with Crippen molar-refractivity contribution in [1.29, 1.82) is 0 Å². The zero-order valence-electron chi connectivity index (χ0n) is 13.9. The van der Waals surface area contributed by atoms with E-state index in [0.29, 0.717) is 13.0 Å². The minimum Gasteiger partial charge on any atom is -0.457 e. The summed E-state index contributed by atoms with van der Waals surface area (Å²) in [5, 5.41) is 4.21. The lowest BCUT2D eigenvalue weighted by Gasteiger charge is -2.09. The van der Waals surface area contributed by atoms with E-state index in [0.717, 1.165) is 39.7 Å². The maximum absolute atomic E-state index is 11.5. The maximum atomic E-state index is 11.5. The Morgan fingerprint density at radius 1 is 1.25 bits per heavy atom. The number of thiazole rings is 1. The number of carbonyl (C=O) groups is 1. The highest BCUT2D eigenvalue weighted by Gasteiger charge is 2.10. The molecule has 0 unspecified atom stereocenters. The van der Waals surface area contributed by atoms with Crippen molar-refractivity contribution >= 4 is 27.5 Å². The average molecular weight is 343 g/mol. The number of furan rings is 1. The molecule has 2 heterocycles. The van der Waals surface area contributed by atoms with Gasteiger partial charge < -0.3 is 14.6 Å². The van der Waals surface area contributed by atoms with Crippen LogP contribution in [0.25, 0.3) is 21.0 Å². The monoisotopic (exact) mass is 343 g/mol. The Kier molecular flexibility index (Phi) is 5.27. The van der Waals surface area contributed by atoms with Crippen molar-refractivity contribution in [3.05, 3.63) is 42.2 Å². The Balaban J connectivity index is 1.51. The molecular weight excluding hydrogens is 322 g/mol. The predicted octanol–water partition coefficient (Wildman–Crippen LogP) is 3.51. The summed E-state index contributed by atoms with van der Waals surface area (Å²) < 4.78 is 7.04. The van der Waals surface area contributed by atoms with Crippen LogP contribution in [0.1, 0.15) is 18.6 Å². The first-order chi connectivity index (χ1) is 11.6. The van der Waals surface area contributed by atoms with Gasteiger partial charge in [-0.25, -0.2) is 4.98 Å². The summed E-state index contributed by atoms with van der Waals surface area (Å²) in [6.07, 6.45) is 1.39. The van der Waals surface area contributed by atoms with Crippen LogP contribution >= 0.6 is 11.3 Å². The number of hydrogen-bond donors (Lipinski definition) is 1. The molecule has 0 saturated carbocycles. The third-order valence-electron chi connectivity index (χ3n) is 3.71. The SMILES string of the molecule is CN(C)C(=O)CCCNCc1ccc(-c2nc3ccccc3s2)o1. The highest BCUT2D eigenvalue weighted by atomic mass is 32.1. The number of rotatable bonds is 7. The average Bonchev–Trinajstić information content (AvgIpc) is 3.20. The highest BCUT2D eigenvalue weighted by molar-refractivity contribution is 7.21. The third kappa shape index (κ3) is 4.01. The maximum Gasteiger partial charge on any atom is 0.222 e. The summed E-state index contributed by atoms with van der Waals surface area (Å²) >= 11 is 1.63. The predicted molar refractivity (Wildman–Crippen MR) is 97.0 cm³/mol. The van der Waals surface area contributed by atoms with Crippen LogP contribution in [0.15, 0.2) is 40.8 Å². The van der Waals surface area contributed by atoms with Gasteiger partial charge >= 0.3 is 0 Å². The molecule has 6 heteroatoms. The summed E-state index contributed by atoms with van der Waals surface area (Å²) in [5.41, 5.74) is 0.999. The third-order valence-corrected chi connectivity index (χ3v) is 4.76. The molecular formula is C18H21N3O2S. The van der Waals surface area contributed by atoms with Crippen LogP contribution < -0.4 is 5.32 Å². The Morgan fingerprint density at radius 2 is 2.08 bits per heavy atom. The Bertz CT molecular complexity index is 789. The van der Waals surface area contributed by atoms with Crippen LogP contribution in [-0.2, 0) is 11.3 Å². The second kappa shape index (κ2) is 7.59. The second-order valence-electron chi connectivity index (χ2n) is 5.82. The molecule has 24 heavy (non-hydrogen) atoms. The van der Waals surface area contributed by atoms with Crippen molar-refractivity contribution in [1.82, 2.24) is 15.2 Å². The van der Waals surface area contributed by atoms with Gasteiger partial charge in [-0.05, 0) is 37.2 Å². The molecule has 0 radical (unpaired) electrons. The smallest absolute Gasteiger partial charge is 0.222 e. The van der Waals surface area contributed by atoms with E-state index in [2.05, 4.69) is 16.4 Å². The molecule has 0 fully saturated rings. The number of aromatic nitrogens is 1. The largest absolute Gasteiger partial charge is 0.457 e. The number of carbonyl (C=O) groups excluding carboxylic acids is 1. The molecule has 1 aromatic carbocycles. The number of nitrogens with one attached hydrogen (secondary N) is 1. The number of para-hydroxylation sites is 1. The quantitative estimate of drug-likeness (QED) is 0.667. The Labute approximate surface area is 145 Å². The van der Waals surface area contributed by atoms with Crippen LogP contribution in [0.3, 0.4) is 0 Å². The molecule has 3 aromatic rings. The van der Waals surface area contributed by atoms with Gasteiger partial charge in [-0.1, -0.05) is 12.1 Å². The first-order valence-electron chi connectivity index (χ1n) is 7.99. The topological polar surface area (TPSA) is 58.4 Å². The molecule has 3 rings (SSSR count). The van der Waals surface area contributed by atoms with Crippen LogP contribution in [0.4, 0.5) is 0 Å². The molecule has 0 bridgehead atoms. The highest BCUT2D eigenvalue weighted by Crippen LogP contribution is 2.30. The number of benzene rings is 1. The van der Waals surface area contributed by atoms with Crippen molar-refractivity contribution in [3.8, 4) is 10.8 Å². The standard InChI is InChI=1S/C18H21N3O2S/c1-21(2)17(22)8-5-11-19-12-13-9-10-15(23-13)18-20-14-6-3-4-7-16(14)24-18/h3-4,6-7,9-10,19H,5,8,11-12H2,1-2H3. The van der Waals surface area contributed by atoms with Crippen LogP contribution in [0.2, 0.25) is 0 Å². The van der Waals surface area contributed by atoms with Gasteiger partial charge in [-0.2, -0.15) is 0 Å². The van der Waals surface area contributed by atoms with E-state index in [-0.39, 0.29) is 5.91 Å². The van der Waals surface area contributed by atoms with Crippen molar-refractivity contribution < 1.29 is 9.21 Å². The molecule has 5 nitrogen and oxygen atoms in total. The second-order valence-corrected chi connectivity index (χ2v) is 6.85. The van der Waals surface area contributed by atoms with Gasteiger partial charge in [-0.15, -0.1) is 11.3 Å². The molecule has 2 aromatic heterocycles.